The van der Waals surface area contributed by atoms with E-state index in [-0.39, 0.29) is 23.2 Å². The van der Waals surface area contributed by atoms with Crippen LogP contribution in [-0.2, 0) is 4.79 Å². The first-order chi connectivity index (χ1) is 9.43. The Morgan fingerprint density at radius 2 is 1.90 bits per heavy atom. The number of aliphatic hydroxyl groups is 1. The predicted molar refractivity (Wildman–Crippen MR) is 74.3 cm³/mol. The first-order valence-electron chi connectivity index (χ1n) is 6.57. The molecule has 0 spiro atoms. The molecular weight excluding hydrogens is 254 g/mol. The van der Waals surface area contributed by atoms with E-state index in [1.165, 1.54) is 6.92 Å². The second-order valence-electron chi connectivity index (χ2n) is 5.19. The third kappa shape index (κ3) is 2.83. The summed E-state index contributed by atoms with van der Waals surface area (Å²) < 4.78 is 5.57. The van der Waals surface area contributed by atoms with Gasteiger partial charge in [0.15, 0.2) is 5.78 Å². The monoisotopic (exact) mass is 271 g/mol. The molecular formula is C16H17NO3. The Labute approximate surface area is 118 Å². The zero-order chi connectivity index (χ0) is 14.9. The van der Waals surface area contributed by atoms with Gasteiger partial charge < -0.3 is 9.84 Å². The van der Waals surface area contributed by atoms with Gasteiger partial charge in [0.1, 0.15) is 11.5 Å². The van der Waals surface area contributed by atoms with Gasteiger partial charge in [-0.15, -0.1) is 0 Å². The highest BCUT2D eigenvalue weighted by atomic mass is 16.5. The van der Waals surface area contributed by atoms with Crippen molar-refractivity contribution in [3.8, 4) is 11.8 Å². The van der Waals surface area contributed by atoms with Crippen molar-refractivity contribution < 1.29 is 14.6 Å². The summed E-state index contributed by atoms with van der Waals surface area (Å²) in [5.41, 5.74) is 2.18. The summed E-state index contributed by atoms with van der Waals surface area (Å²) in [5.74, 6) is 0.271. The molecule has 0 aromatic heterocycles. The zero-order valence-electron chi connectivity index (χ0n) is 11.9. The van der Waals surface area contributed by atoms with Gasteiger partial charge in [0.2, 0.25) is 5.76 Å². The Morgan fingerprint density at radius 1 is 1.35 bits per heavy atom. The molecule has 0 saturated heterocycles. The average molecular weight is 271 g/mol. The molecule has 4 heteroatoms. The summed E-state index contributed by atoms with van der Waals surface area (Å²) in [5, 5.41) is 19.0. The minimum Gasteiger partial charge on any atom is -0.508 e. The lowest BCUT2D eigenvalue weighted by Gasteiger charge is -2.12. The summed E-state index contributed by atoms with van der Waals surface area (Å²) in [6.07, 6.45) is 1.77. The van der Waals surface area contributed by atoms with Crippen LogP contribution in [-0.4, -0.2) is 10.9 Å². The maximum atomic E-state index is 11.6. The fourth-order valence-electron chi connectivity index (χ4n) is 2.12. The predicted octanol–water partition coefficient (Wildman–Crippen LogP) is 3.32. The Kier molecular flexibility index (Phi) is 3.80. The third-order valence-corrected chi connectivity index (χ3v) is 3.35. The van der Waals surface area contributed by atoms with E-state index in [4.69, 9.17) is 10.00 Å². The second kappa shape index (κ2) is 5.38. The largest absolute Gasteiger partial charge is 0.508 e. The van der Waals surface area contributed by atoms with Gasteiger partial charge in [0, 0.05) is 12.8 Å². The Morgan fingerprint density at radius 3 is 2.30 bits per heavy atom. The zero-order valence-corrected chi connectivity index (χ0v) is 11.9. The number of aliphatic hydroxyl groups excluding tert-OH is 1. The maximum absolute atomic E-state index is 11.6. The molecule has 1 aliphatic rings. The number of ether oxygens (including phenoxy) is 1. The molecule has 0 unspecified atom stereocenters. The third-order valence-electron chi connectivity index (χ3n) is 3.35. The van der Waals surface area contributed by atoms with E-state index in [0.29, 0.717) is 11.3 Å². The van der Waals surface area contributed by atoms with E-state index in [1.54, 1.807) is 12.1 Å². The molecule has 1 aromatic carbocycles. The number of hydrogen-bond acceptors (Lipinski definition) is 4. The number of nitriles is 1. The fraction of sp³-hybridized carbons (Fsp3) is 0.375. The van der Waals surface area contributed by atoms with Gasteiger partial charge in [-0.05, 0) is 49.9 Å². The van der Waals surface area contributed by atoms with Gasteiger partial charge in [0.25, 0.3) is 0 Å². The maximum Gasteiger partial charge on any atom is 0.207 e. The molecule has 4 nitrogen and oxygen atoms in total. The molecule has 0 heterocycles. The van der Waals surface area contributed by atoms with Crippen molar-refractivity contribution in [3.63, 3.8) is 0 Å². The number of aryl methyl sites for hydroxylation is 2. The van der Waals surface area contributed by atoms with Gasteiger partial charge in [0.05, 0.1) is 11.6 Å². The van der Waals surface area contributed by atoms with Crippen LogP contribution in [0, 0.1) is 31.1 Å². The van der Waals surface area contributed by atoms with Gasteiger partial charge in [-0.1, -0.05) is 0 Å². The van der Waals surface area contributed by atoms with Crippen molar-refractivity contribution in [2.75, 3.05) is 0 Å². The standard InChI is InChI=1S/C16H17NO3/c1-9-6-13(7-10(2)14(9)8-17)20-16(11(3)18)15(19)12-4-5-12/h6-7,12,19H,4-5H2,1-3H3. The topological polar surface area (TPSA) is 70.3 Å². The molecule has 0 radical (unpaired) electrons. The highest BCUT2D eigenvalue weighted by Gasteiger charge is 2.31. The Balaban J connectivity index is 2.35. The van der Waals surface area contributed by atoms with Crippen LogP contribution in [0.25, 0.3) is 0 Å². The van der Waals surface area contributed by atoms with Gasteiger partial charge in [-0.2, -0.15) is 5.26 Å². The molecule has 0 amide bonds. The first-order valence-corrected chi connectivity index (χ1v) is 6.57. The normalized spacial score (nSPS) is 15.3. The molecule has 1 aromatic rings. The van der Waals surface area contributed by atoms with Crippen LogP contribution >= 0.6 is 0 Å². The smallest absolute Gasteiger partial charge is 0.207 e. The number of nitrogens with zero attached hydrogens (tertiary/aromatic N) is 1. The molecule has 104 valence electrons. The van der Waals surface area contributed by atoms with Crippen LogP contribution in [0.1, 0.15) is 36.5 Å². The number of Topliss-reactive ketones (excluding diaryl/α,β-unsaturated/α-hetero) is 1. The van der Waals surface area contributed by atoms with Crippen molar-refractivity contribution in [2.45, 2.75) is 33.6 Å². The van der Waals surface area contributed by atoms with E-state index in [9.17, 15) is 9.90 Å². The van der Waals surface area contributed by atoms with E-state index < -0.39 is 0 Å². The van der Waals surface area contributed by atoms with Crippen molar-refractivity contribution in [2.24, 2.45) is 5.92 Å². The summed E-state index contributed by atoms with van der Waals surface area (Å²) >= 11 is 0. The van der Waals surface area contributed by atoms with Crippen LogP contribution in [0.3, 0.4) is 0 Å². The number of hydrogen-bond donors (Lipinski definition) is 1. The summed E-state index contributed by atoms with van der Waals surface area (Å²) in [6.45, 7) is 5.00. The molecule has 20 heavy (non-hydrogen) atoms. The van der Waals surface area contributed by atoms with Crippen molar-refractivity contribution >= 4 is 5.78 Å². The van der Waals surface area contributed by atoms with Crippen LogP contribution in [0.4, 0.5) is 0 Å². The van der Waals surface area contributed by atoms with Crippen molar-refractivity contribution in [1.82, 2.24) is 0 Å². The van der Waals surface area contributed by atoms with Crippen molar-refractivity contribution in [3.05, 3.63) is 40.3 Å². The summed E-state index contributed by atoms with van der Waals surface area (Å²) in [7, 11) is 0. The quantitative estimate of drug-likeness (QED) is 0.673. The molecule has 0 bridgehead atoms. The molecule has 0 atom stereocenters. The highest BCUT2D eigenvalue weighted by molar-refractivity contribution is 5.92. The van der Waals surface area contributed by atoms with Crippen molar-refractivity contribution in [1.29, 1.82) is 5.26 Å². The molecule has 1 N–H and O–H groups in total. The highest BCUT2D eigenvalue weighted by Crippen LogP contribution is 2.37. The number of ketones is 1. The number of carbonyl (C=O) groups is 1. The van der Waals surface area contributed by atoms with E-state index in [1.807, 2.05) is 13.8 Å². The molecule has 2 rings (SSSR count). The lowest BCUT2D eigenvalue weighted by Crippen LogP contribution is -2.10. The van der Waals surface area contributed by atoms with E-state index >= 15 is 0 Å². The average Bonchev–Trinajstić information content (AvgIpc) is 3.18. The lowest BCUT2D eigenvalue weighted by atomic mass is 10.0. The molecule has 1 aliphatic carbocycles. The summed E-state index contributed by atoms with van der Waals surface area (Å²) in [6, 6.07) is 5.54. The van der Waals surface area contributed by atoms with E-state index in [0.717, 1.165) is 24.0 Å². The summed E-state index contributed by atoms with van der Waals surface area (Å²) in [4.78, 5) is 11.6. The number of allylic oxidation sites excluding steroid dienone is 2. The SMILES string of the molecule is CC(=O)C(Oc1cc(C)c(C#N)c(C)c1)=C(O)C1CC1. The van der Waals surface area contributed by atoms with Crippen LogP contribution in [0.2, 0.25) is 0 Å². The van der Waals surface area contributed by atoms with Gasteiger partial charge in [-0.3, -0.25) is 4.79 Å². The van der Waals surface area contributed by atoms with Crippen LogP contribution in [0.5, 0.6) is 5.75 Å². The first kappa shape index (κ1) is 14.1. The molecule has 1 saturated carbocycles. The van der Waals surface area contributed by atoms with Gasteiger partial charge in [-0.25, -0.2) is 0 Å². The molecule has 0 aliphatic heterocycles. The molecule has 1 fully saturated rings. The number of carbonyl (C=O) groups excluding carboxylic acids is 1. The van der Waals surface area contributed by atoms with Crippen LogP contribution < -0.4 is 4.74 Å². The number of benzene rings is 1. The lowest BCUT2D eigenvalue weighted by molar-refractivity contribution is -0.115. The van der Waals surface area contributed by atoms with E-state index in [2.05, 4.69) is 6.07 Å². The number of rotatable bonds is 4. The fourth-order valence-corrected chi connectivity index (χ4v) is 2.12. The minimum atomic E-state index is -0.297. The van der Waals surface area contributed by atoms with Crippen LogP contribution in [0.15, 0.2) is 23.7 Å². The minimum absolute atomic E-state index is 0.0102. The Bertz CT molecular complexity index is 611. The van der Waals surface area contributed by atoms with Gasteiger partial charge >= 0.3 is 0 Å². The Hall–Kier alpha value is -2.28. The second-order valence-corrected chi connectivity index (χ2v) is 5.19.